The number of amides is 1. The molecule has 1 aromatic rings. The molecule has 0 atom stereocenters. The van der Waals surface area contributed by atoms with Gasteiger partial charge >= 0.3 is 0 Å². The van der Waals surface area contributed by atoms with Crippen LogP contribution in [-0.4, -0.2) is 35.7 Å². The quantitative estimate of drug-likeness (QED) is 0.567. The van der Waals surface area contributed by atoms with E-state index in [1.807, 2.05) is 0 Å². The van der Waals surface area contributed by atoms with Gasteiger partial charge in [-0.25, -0.2) is 0 Å². The molecule has 2 N–H and O–H groups in total. The Balaban J connectivity index is 2.13. The number of nitro benzene ring substituents is 1. The van der Waals surface area contributed by atoms with Gasteiger partial charge in [0.05, 0.1) is 30.3 Å². The third-order valence-electron chi connectivity index (χ3n) is 3.03. The highest BCUT2D eigenvalue weighted by molar-refractivity contribution is 5.78. The maximum absolute atomic E-state index is 11.6. The number of benzene rings is 1. The van der Waals surface area contributed by atoms with Crippen molar-refractivity contribution >= 4 is 11.6 Å². The molecule has 1 aliphatic carbocycles. The van der Waals surface area contributed by atoms with E-state index in [4.69, 9.17) is 14.6 Å². The molecule has 1 aliphatic rings. The zero-order valence-electron chi connectivity index (χ0n) is 11.5. The number of hydrogen-bond acceptors (Lipinski definition) is 6. The number of nitrogens with zero attached hydrogens (tertiary/aromatic N) is 1. The highest BCUT2D eigenvalue weighted by atomic mass is 16.6. The van der Waals surface area contributed by atoms with E-state index in [0.717, 1.165) is 18.9 Å². The van der Waals surface area contributed by atoms with E-state index in [1.54, 1.807) is 0 Å². The van der Waals surface area contributed by atoms with E-state index in [2.05, 4.69) is 5.32 Å². The van der Waals surface area contributed by atoms with Crippen molar-refractivity contribution in [2.75, 3.05) is 13.7 Å². The van der Waals surface area contributed by atoms with Crippen LogP contribution in [0.3, 0.4) is 0 Å². The largest absolute Gasteiger partial charge is 0.493 e. The number of methoxy groups -OCH3 is 1. The molecule has 0 saturated heterocycles. The molecule has 21 heavy (non-hydrogen) atoms. The number of carbonyl (C=O) groups excluding carboxylic acids is 1. The molecule has 0 aromatic heterocycles. The second kappa shape index (κ2) is 6.40. The first-order valence-electron chi connectivity index (χ1n) is 6.43. The molecule has 0 heterocycles. The minimum Gasteiger partial charge on any atom is -0.493 e. The van der Waals surface area contributed by atoms with Gasteiger partial charge in [0.2, 0.25) is 0 Å². The third-order valence-corrected chi connectivity index (χ3v) is 3.03. The SMILES string of the molecule is COc1cc(CO)c([N+](=O)[O-])cc1OCC(=O)NC1CC1. The molecule has 1 amide bonds. The zero-order valence-corrected chi connectivity index (χ0v) is 11.5. The first kappa shape index (κ1) is 15.0. The zero-order chi connectivity index (χ0) is 15.4. The summed E-state index contributed by atoms with van der Waals surface area (Å²) in [7, 11) is 1.37. The number of carbonyl (C=O) groups is 1. The van der Waals surface area contributed by atoms with Gasteiger partial charge in [-0.05, 0) is 18.9 Å². The molecule has 2 rings (SSSR count). The summed E-state index contributed by atoms with van der Waals surface area (Å²) >= 11 is 0. The van der Waals surface area contributed by atoms with E-state index in [-0.39, 0.29) is 41.3 Å². The van der Waals surface area contributed by atoms with Crippen molar-refractivity contribution in [3.05, 3.63) is 27.8 Å². The Labute approximate surface area is 120 Å². The van der Waals surface area contributed by atoms with Crippen molar-refractivity contribution in [1.82, 2.24) is 5.32 Å². The molecule has 0 aliphatic heterocycles. The standard InChI is InChI=1S/C13H16N2O6/c1-20-11-4-8(6-16)10(15(18)19)5-12(11)21-7-13(17)14-9-2-3-9/h4-5,9,16H,2-3,6-7H2,1H3,(H,14,17). The maximum Gasteiger partial charge on any atom is 0.278 e. The monoisotopic (exact) mass is 296 g/mol. The molecule has 0 spiro atoms. The van der Waals surface area contributed by atoms with Crippen LogP contribution in [0.15, 0.2) is 12.1 Å². The fourth-order valence-electron chi connectivity index (χ4n) is 1.80. The average molecular weight is 296 g/mol. The van der Waals surface area contributed by atoms with Crippen LogP contribution >= 0.6 is 0 Å². The van der Waals surface area contributed by atoms with Gasteiger partial charge in [-0.2, -0.15) is 0 Å². The lowest BCUT2D eigenvalue weighted by atomic mass is 10.1. The molecule has 0 unspecified atom stereocenters. The molecular weight excluding hydrogens is 280 g/mol. The average Bonchev–Trinajstić information content (AvgIpc) is 3.27. The second-order valence-electron chi connectivity index (χ2n) is 4.68. The number of ether oxygens (including phenoxy) is 2. The summed E-state index contributed by atoms with van der Waals surface area (Å²) in [6, 6.07) is 2.69. The molecular formula is C13H16N2O6. The van der Waals surface area contributed by atoms with Crippen molar-refractivity contribution in [1.29, 1.82) is 0 Å². The van der Waals surface area contributed by atoms with Crippen LogP contribution < -0.4 is 14.8 Å². The smallest absolute Gasteiger partial charge is 0.278 e. The lowest BCUT2D eigenvalue weighted by molar-refractivity contribution is -0.385. The Kier molecular flexibility index (Phi) is 4.59. The predicted octanol–water partition coefficient (Wildman–Crippen LogP) is 0.753. The van der Waals surface area contributed by atoms with Gasteiger partial charge in [0, 0.05) is 6.04 Å². The van der Waals surface area contributed by atoms with E-state index < -0.39 is 11.5 Å². The van der Waals surface area contributed by atoms with E-state index in [9.17, 15) is 14.9 Å². The summed E-state index contributed by atoms with van der Waals surface area (Å²) < 4.78 is 10.3. The highest BCUT2D eigenvalue weighted by Crippen LogP contribution is 2.34. The minimum atomic E-state index is -0.623. The molecule has 0 radical (unpaired) electrons. The van der Waals surface area contributed by atoms with Crippen molar-refractivity contribution in [2.24, 2.45) is 0 Å². The molecule has 1 fully saturated rings. The summed E-state index contributed by atoms with van der Waals surface area (Å²) in [5.74, 6) is 0.0321. The normalized spacial score (nSPS) is 13.6. The molecule has 8 nitrogen and oxygen atoms in total. The van der Waals surface area contributed by atoms with Gasteiger partial charge in [0.15, 0.2) is 18.1 Å². The Morgan fingerprint density at radius 2 is 2.19 bits per heavy atom. The molecule has 1 saturated carbocycles. The van der Waals surface area contributed by atoms with Crippen LogP contribution in [0.1, 0.15) is 18.4 Å². The molecule has 8 heteroatoms. The van der Waals surface area contributed by atoms with Gasteiger partial charge < -0.3 is 19.9 Å². The maximum atomic E-state index is 11.6. The number of aliphatic hydroxyl groups is 1. The lowest BCUT2D eigenvalue weighted by Gasteiger charge is -2.12. The minimum absolute atomic E-state index is 0.0901. The third kappa shape index (κ3) is 3.82. The van der Waals surface area contributed by atoms with Crippen LogP contribution in [0.2, 0.25) is 0 Å². The first-order valence-corrected chi connectivity index (χ1v) is 6.43. The van der Waals surface area contributed by atoms with E-state index >= 15 is 0 Å². The Morgan fingerprint density at radius 1 is 1.48 bits per heavy atom. The van der Waals surface area contributed by atoms with Gasteiger partial charge in [0.25, 0.3) is 11.6 Å². The second-order valence-corrected chi connectivity index (χ2v) is 4.68. The topological polar surface area (TPSA) is 111 Å². The first-order chi connectivity index (χ1) is 10.0. The van der Waals surface area contributed by atoms with E-state index in [0.29, 0.717) is 0 Å². The van der Waals surface area contributed by atoms with Crippen molar-refractivity contribution < 1.29 is 24.3 Å². The van der Waals surface area contributed by atoms with Crippen molar-refractivity contribution in [2.45, 2.75) is 25.5 Å². The number of nitrogens with one attached hydrogen (secondary N) is 1. The van der Waals surface area contributed by atoms with Gasteiger partial charge in [-0.1, -0.05) is 0 Å². The van der Waals surface area contributed by atoms with Crippen LogP contribution in [-0.2, 0) is 11.4 Å². The summed E-state index contributed by atoms with van der Waals surface area (Å²) in [5.41, 5.74) is -0.164. The van der Waals surface area contributed by atoms with Gasteiger partial charge in [-0.3, -0.25) is 14.9 Å². The molecule has 0 bridgehead atoms. The van der Waals surface area contributed by atoms with E-state index in [1.165, 1.54) is 13.2 Å². The predicted molar refractivity (Wildman–Crippen MR) is 72.2 cm³/mol. The summed E-state index contributed by atoms with van der Waals surface area (Å²) in [6.45, 7) is -0.738. The van der Waals surface area contributed by atoms with Crippen LogP contribution in [0, 0.1) is 10.1 Å². The number of aliphatic hydroxyl groups excluding tert-OH is 1. The Bertz CT molecular complexity index is 556. The summed E-state index contributed by atoms with van der Waals surface area (Å²) in [6.07, 6.45) is 1.93. The van der Waals surface area contributed by atoms with Crippen LogP contribution in [0.4, 0.5) is 5.69 Å². The lowest BCUT2D eigenvalue weighted by Crippen LogP contribution is -2.30. The van der Waals surface area contributed by atoms with Gasteiger partial charge in [0.1, 0.15) is 0 Å². The number of rotatable bonds is 7. The fourth-order valence-corrected chi connectivity index (χ4v) is 1.80. The van der Waals surface area contributed by atoms with Crippen LogP contribution in [0.25, 0.3) is 0 Å². The Hall–Kier alpha value is -2.35. The highest BCUT2D eigenvalue weighted by Gasteiger charge is 2.24. The summed E-state index contributed by atoms with van der Waals surface area (Å²) in [4.78, 5) is 21.9. The summed E-state index contributed by atoms with van der Waals surface area (Å²) in [5, 5.41) is 22.8. The molecule has 114 valence electrons. The molecule has 1 aromatic carbocycles. The number of hydrogen-bond donors (Lipinski definition) is 2. The number of nitro groups is 1. The van der Waals surface area contributed by atoms with Crippen LogP contribution in [0.5, 0.6) is 11.5 Å². The fraction of sp³-hybridized carbons (Fsp3) is 0.462. The Morgan fingerprint density at radius 3 is 2.71 bits per heavy atom. The van der Waals surface area contributed by atoms with Gasteiger partial charge in [-0.15, -0.1) is 0 Å². The van der Waals surface area contributed by atoms with Crippen molar-refractivity contribution in [3.63, 3.8) is 0 Å². The van der Waals surface area contributed by atoms with Crippen molar-refractivity contribution in [3.8, 4) is 11.5 Å².